The van der Waals surface area contributed by atoms with Gasteiger partial charge in [-0.25, -0.2) is 9.78 Å². The highest BCUT2D eigenvalue weighted by Crippen LogP contribution is 2.06. The van der Waals surface area contributed by atoms with Crippen LogP contribution in [0, 0.1) is 0 Å². The van der Waals surface area contributed by atoms with Crippen LogP contribution < -0.4 is 5.32 Å². The van der Waals surface area contributed by atoms with Crippen LogP contribution in [0.5, 0.6) is 0 Å². The predicted octanol–water partition coefficient (Wildman–Crippen LogP) is 0.596. The molecule has 6 nitrogen and oxygen atoms in total. The van der Waals surface area contributed by atoms with Crippen molar-refractivity contribution in [1.82, 2.24) is 14.9 Å². The quantitative estimate of drug-likeness (QED) is 0.676. The molecule has 0 bridgehead atoms. The number of hydrogen-bond acceptors (Lipinski definition) is 4. The summed E-state index contributed by atoms with van der Waals surface area (Å²) >= 11 is 1.52. The number of hydrogen-bond donors (Lipinski definition) is 2. The third kappa shape index (κ3) is 5.72. The van der Waals surface area contributed by atoms with Gasteiger partial charge in [-0.2, -0.15) is 11.8 Å². The number of aryl methyl sites for hydroxylation is 1. The van der Waals surface area contributed by atoms with E-state index in [1.165, 1.54) is 18.7 Å². The van der Waals surface area contributed by atoms with Crippen LogP contribution >= 0.6 is 11.8 Å². The first kappa shape index (κ1) is 14.6. The molecule has 0 fully saturated rings. The van der Waals surface area contributed by atoms with Crippen molar-refractivity contribution in [3.8, 4) is 0 Å². The topological polar surface area (TPSA) is 84.2 Å². The molecule has 0 spiro atoms. The molecule has 1 heterocycles. The monoisotopic (exact) mass is 271 g/mol. The number of nitrogens with one attached hydrogen (secondary N) is 1. The first-order chi connectivity index (χ1) is 8.59. The maximum absolute atomic E-state index is 10.8. The van der Waals surface area contributed by atoms with Crippen LogP contribution in [0.25, 0.3) is 0 Å². The lowest BCUT2D eigenvalue weighted by molar-refractivity contribution is -0.140. The lowest BCUT2D eigenvalue weighted by Gasteiger charge is -2.12. The third-order valence-corrected chi connectivity index (χ3v) is 3.37. The summed E-state index contributed by atoms with van der Waals surface area (Å²) in [6.07, 6.45) is 6.31. The molecule has 0 aromatic carbocycles. The maximum atomic E-state index is 10.8. The molecule has 0 aliphatic heterocycles. The Bertz CT molecular complexity index is 381. The van der Waals surface area contributed by atoms with Crippen LogP contribution in [0.3, 0.4) is 0 Å². The Kier molecular flexibility index (Phi) is 6.27. The van der Waals surface area contributed by atoms with Crippen molar-refractivity contribution in [2.24, 2.45) is 0 Å². The van der Waals surface area contributed by atoms with Gasteiger partial charge in [0.2, 0.25) is 5.91 Å². The van der Waals surface area contributed by atoms with E-state index in [1.54, 1.807) is 12.5 Å². The number of carboxylic acids is 1. The third-order valence-electron chi connectivity index (χ3n) is 2.22. The standard InChI is InChI=1S/C11H17N3O3S/c1-9(15)13-10(11(16)17)7-18-6-2-4-14-5-3-12-8-14/h3,5,8,10H,2,4,6-7H2,1H3,(H,13,15)(H,16,17). The van der Waals surface area contributed by atoms with Crippen LogP contribution in [0.1, 0.15) is 13.3 Å². The molecular formula is C11H17N3O3S. The molecule has 18 heavy (non-hydrogen) atoms. The van der Waals surface area contributed by atoms with Crippen molar-refractivity contribution >= 4 is 23.6 Å². The average molecular weight is 271 g/mol. The molecule has 0 saturated heterocycles. The number of nitrogens with zero attached hydrogens (tertiary/aromatic N) is 2. The average Bonchev–Trinajstić information content (AvgIpc) is 2.79. The molecule has 7 heteroatoms. The number of aromatic nitrogens is 2. The van der Waals surface area contributed by atoms with Gasteiger partial charge in [0.1, 0.15) is 6.04 Å². The van der Waals surface area contributed by atoms with E-state index in [4.69, 9.17) is 5.11 Å². The van der Waals surface area contributed by atoms with Crippen molar-refractivity contribution in [1.29, 1.82) is 0 Å². The highest BCUT2D eigenvalue weighted by atomic mass is 32.2. The summed E-state index contributed by atoms with van der Waals surface area (Å²) in [5.74, 6) is -0.0749. The van der Waals surface area contributed by atoms with E-state index in [0.29, 0.717) is 5.75 Å². The van der Waals surface area contributed by atoms with Crippen molar-refractivity contribution < 1.29 is 14.7 Å². The molecule has 0 radical (unpaired) electrons. The number of amides is 1. The Hall–Kier alpha value is -1.50. The van der Waals surface area contributed by atoms with Crippen LogP contribution in [-0.2, 0) is 16.1 Å². The summed E-state index contributed by atoms with van der Waals surface area (Å²) in [6.45, 7) is 2.19. The normalized spacial score (nSPS) is 12.1. The lowest BCUT2D eigenvalue weighted by atomic mass is 10.3. The van der Waals surface area contributed by atoms with Crippen LogP contribution in [-0.4, -0.2) is 44.1 Å². The molecule has 100 valence electrons. The van der Waals surface area contributed by atoms with Gasteiger partial charge in [0.15, 0.2) is 0 Å². The molecule has 0 aliphatic rings. The number of thioether (sulfide) groups is 1. The second-order valence-corrected chi connectivity index (χ2v) is 4.97. The van der Waals surface area contributed by atoms with Crippen molar-refractivity contribution in [2.45, 2.75) is 25.9 Å². The van der Waals surface area contributed by atoms with E-state index in [2.05, 4.69) is 10.3 Å². The summed E-state index contributed by atoms with van der Waals surface area (Å²) in [7, 11) is 0. The van der Waals surface area contributed by atoms with E-state index in [0.717, 1.165) is 18.7 Å². The fraction of sp³-hybridized carbons (Fsp3) is 0.545. The van der Waals surface area contributed by atoms with E-state index >= 15 is 0 Å². The van der Waals surface area contributed by atoms with Crippen LogP contribution in [0.15, 0.2) is 18.7 Å². The maximum Gasteiger partial charge on any atom is 0.327 e. The Labute approximate surface area is 110 Å². The van der Waals surface area contributed by atoms with Gasteiger partial charge >= 0.3 is 5.97 Å². The van der Waals surface area contributed by atoms with Gasteiger partial charge in [0, 0.05) is 31.6 Å². The van der Waals surface area contributed by atoms with E-state index < -0.39 is 12.0 Å². The minimum Gasteiger partial charge on any atom is -0.480 e. The van der Waals surface area contributed by atoms with Gasteiger partial charge in [0.05, 0.1) is 6.33 Å². The lowest BCUT2D eigenvalue weighted by Crippen LogP contribution is -2.41. The second kappa shape index (κ2) is 7.75. The van der Waals surface area contributed by atoms with Gasteiger partial charge in [-0.3, -0.25) is 4.79 Å². The van der Waals surface area contributed by atoms with Crippen molar-refractivity contribution in [3.05, 3.63) is 18.7 Å². The molecule has 1 aromatic rings. The largest absolute Gasteiger partial charge is 0.480 e. The van der Waals surface area contributed by atoms with Crippen LogP contribution in [0.4, 0.5) is 0 Å². The summed E-state index contributed by atoms with van der Waals surface area (Å²) in [5.41, 5.74) is 0. The number of aliphatic carboxylic acids is 1. The Balaban J connectivity index is 2.14. The number of carbonyl (C=O) groups excluding carboxylic acids is 1. The predicted molar refractivity (Wildman–Crippen MR) is 69.4 cm³/mol. The highest BCUT2D eigenvalue weighted by molar-refractivity contribution is 7.99. The smallest absolute Gasteiger partial charge is 0.327 e. The Morgan fingerprint density at radius 3 is 2.89 bits per heavy atom. The van der Waals surface area contributed by atoms with E-state index in [1.807, 2.05) is 10.8 Å². The molecule has 1 rings (SSSR count). The number of imidazole rings is 1. The molecule has 1 aromatic heterocycles. The zero-order chi connectivity index (χ0) is 13.4. The van der Waals surface area contributed by atoms with Crippen LogP contribution in [0.2, 0.25) is 0 Å². The van der Waals surface area contributed by atoms with Crippen molar-refractivity contribution in [3.63, 3.8) is 0 Å². The summed E-state index contributed by atoms with van der Waals surface area (Å²) < 4.78 is 1.98. The van der Waals surface area contributed by atoms with Gasteiger partial charge < -0.3 is 15.0 Å². The number of carboxylic acid groups (broad SMARTS) is 1. The minimum atomic E-state index is -0.993. The van der Waals surface area contributed by atoms with Gasteiger partial charge in [-0.1, -0.05) is 0 Å². The molecule has 2 N–H and O–H groups in total. The number of carbonyl (C=O) groups is 2. The zero-order valence-corrected chi connectivity index (χ0v) is 11.0. The zero-order valence-electron chi connectivity index (χ0n) is 10.2. The first-order valence-electron chi connectivity index (χ1n) is 5.63. The van der Waals surface area contributed by atoms with Gasteiger partial charge in [0.25, 0.3) is 0 Å². The first-order valence-corrected chi connectivity index (χ1v) is 6.78. The molecular weight excluding hydrogens is 254 g/mol. The molecule has 0 aliphatic carbocycles. The molecule has 0 saturated carbocycles. The summed E-state index contributed by atoms with van der Waals surface area (Å²) in [5, 5.41) is 11.3. The fourth-order valence-electron chi connectivity index (χ4n) is 1.39. The summed E-state index contributed by atoms with van der Waals surface area (Å²) in [6, 6.07) is -0.805. The molecule has 1 unspecified atom stereocenters. The van der Waals surface area contributed by atoms with Gasteiger partial charge in [-0.05, 0) is 12.2 Å². The fourth-order valence-corrected chi connectivity index (χ4v) is 2.35. The SMILES string of the molecule is CC(=O)NC(CSCCCn1ccnc1)C(=O)O. The van der Waals surface area contributed by atoms with Gasteiger partial charge in [-0.15, -0.1) is 0 Å². The number of rotatable bonds is 8. The molecule has 1 atom stereocenters. The molecule has 1 amide bonds. The Morgan fingerprint density at radius 2 is 2.33 bits per heavy atom. The van der Waals surface area contributed by atoms with Crippen molar-refractivity contribution in [2.75, 3.05) is 11.5 Å². The summed E-state index contributed by atoms with van der Waals surface area (Å²) in [4.78, 5) is 25.6. The highest BCUT2D eigenvalue weighted by Gasteiger charge is 2.17. The second-order valence-electron chi connectivity index (χ2n) is 3.82. The minimum absolute atomic E-state index is 0.318. The Morgan fingerprint density at radius 1 is 1.56 bits per heavy atom. The van der Waals surface area contributed by atoms with E-state index in [9.17, 15) is 9.59 Å². The van der Waals surface area contributed by atoms with E-state index in [-0.39, 0.29) is 5.91 Å².